The molecular weight excluding hydrogens is 521 g/mol. The van der Waals surface area contributed by atoms with Crippen LogP contribution in [0, 0.1) is 0 Å². The topological polar surface area (TPSA) is 86.8 Å². The van der Waals surface area contributed by atoms with Gasteiger partial charge in [0, 0.05) is 42.6 Å². The van der Waals surface area contributed by atoms with E-state index in [-0.39, 0.29) is 42.3 Å². The number of hydrogen-bond donors (Lipinski definition) is 1. The van der Waals surface area contributed by atoms with Gasteiger partial charge in [-0.2, -0.15) is 0 Å². The van der Waals surface area contributed by atoms with Gasteiger partial charge in [-0.05, 0) is 56.0 Å². The lowest BCUT2D eigenvalue weighted by molar-refractivity contribution is -0.141. The number of rotatable bonds is 11. The van der Waals surface area contributed by atoms with E-state index in [0.29, 0.717) is 22.0 Å². The van der Waals surface area contributed by atoms with Crippen molar-refractivity contribution in [2.45, 2.75) is 69.0 Å². The van der Waals surface area contributed by atoms with Crippen molar-refractivity contribution in [3.8, 4) is 0 Å². The summed E-state index contributed by atoms with van der Waals surface area (Å²) < 4.78 is 26.8. The number of hydrogen-bond acceptors (Lipinski definition) is 4. The summed E-state index contributed by atoms with van der Waals surface area (Å²) in [6, 6.07) is 12.6. The Kier molecular flexibility index (Phi) is 10.2. The van der Waals surface area contributed by atoms with E-state index < -0.39 is 16.1 Å². The van der Waals surface area contributed by atoms with Crippen LogP contribution in [0.15, 0.2) is 53.4 Å². The number of sulfonamides is 1. The summed E-state index contributed by atoms with van der Waals surface area (Å²) in [5, 5.41) is 3.96. The first-order valence-corrected chi connectivity index (χ1v) is 14.3. The summed E-state index contributed by atoms with van der Waals surface area (Å²) in [5.74, 6) is -0.454. The maximum atomic E-state index is 13.3. The van der Waals surface area contributed by atoms with Crippen LogP contribution in [0.1, 0.15) is 51.0 Å². The van der Waals surface area contributed by atoms with Crippen molar-refractivity contribution in [2.75, 3.05) is 13.6 Å². The molecule has 0 aromatic heterocycles. The molecule has 1 saturated carbocycles. The van der Waals surface area contributed by atoms with Gasteiger partial charge in [0.1, 0.15) is 6.04 Å². The van der Waals surface area contributed by atoms with Crippen molar-refractivity contribution in [3.63, 3.8) is 0 Å². The molecule has 0 radical (unpaired) electrons. The Bertz CT molecular complexity index is 1160. The zero-order valence-corrected chi connectivity index (χ0v) is 23.0. The largest absolute Gasteiger partial charge is 0.352 e. The standard InChI is InChI=1S/C26H33Cl2N3O4S/c1-19(26(33)29-22-9-6-7-10-22)31(18-20-14-15-21(27)17-24(20)28)25(32)13-8-16-30(2)36(34,35)23-11-4-3-5-12-23/h3-5,11-12,14-15,17,19,22H,6-10,13,16,18H2,1-2H3,(H,29,33). The normalized spacial score (nSPS) is 15.1. The van der Waals surface area contributed by atoms with Crippen LogP contribution < -0.4 is 5.32 Å². The molecule has 0 bridgehead atoms. The first-order valence-electron chi connectivity index (χ1n) is 12.1. The third-order valence-corrected chi connectivity index (χ3v) is 9.00. The molecule has 0 aliphatic heterocycles. The molecule has 7 nitrogen and oxygen atoms in total. The summed E-state index contributed by atoms with van der Waals surface area (Å²) in [6.07, 6.45) is 4.45. The van der Waals surface area contributed by atoms with Crippen molar-refractivity contribution in [1.82, 2.24) is 14.5 Å². The highest BCUT2D eigenvalue weighted by atomic mass is 35.5. The molecule has 0 saturated heterocycles. The smallest absolute Gasteiger partial charge is 0.242 e. The van der Waals surface area contributed by atoms with Crippen LogP contribution in [-0.4, -0.2) is 55.1 Å². The van der Waals surface area contributed by atoms with Crippen molar-refractivity contribution in [2.24, 2.45) is 0 Å². The summed E-state index contributed by atoms with van der Waals surface area (Å²) in [7, 11) is -2.15. The SMILES string of the molecule is CC(C(=O)NC1CCCC1)N(Cc1ccc(Cl)cc1Cl)C(=O)CCCN(C)S(=O)(=O)c1ccccc1. The van der Waals surface area contributed by atoms with Crippen LogP contribution in [0.2, 0.25) is 10.0 Å². The Balaban J connectivity index is 1.68. The van der Waals surface area contributed by atoms with Gasteiger partial charge >= 0.3 is 0 Å². The van der Waals surface area contributed by atoms with Crippen LogP contribution in [0.25, 0.3) is 0 Å². The Labute approximate surface area is 223 Å². The minimum atomic E-state index is -3.64. The van der Waals surface area contributed by atoms with Crippen LogP contribution in [-0.2, 0) is 26.2 Å². The molecule has 3 rings (SSSR count). The molecule has 1 fully saturated rings. The van der Waals surface area contributed by atoms with E-state index in [1.165, 1.54) is 16.3 Å². The fourth-order valence-electron chi connectivity index (χ4n) is 4.30. The van der Waals surface area contributed by atoms with Crippen LogP contribution in [0.3, 0.4) is 0 Å². The average molecular weight is 555 g/mol. The summed E-state index contributed by atoms with van der Waals surface area (Å²) >= 11 is 12.4. The highest BCUT2D eigenvalue weighted by molar-refractivity contribution is 7.89. The van der Waals surface area contributed by atoms with Gasteiger partial charge in [-0.1, -0.05) is 60.3 Å². The molecule has 0 spiro atoms. The molecule has 10 heteroatoms. The first kappa shape index (κ1) is 28.4. The fraction of sp³-hybridized carbons (Fsp3) is 0.462. The molecule has 36 heavy (non-hydrogen) atoms. The predicted molar refractivity (Wildman–Crippen MR) is 142 cm³/mol. The number of nitrogens with one attached hydrogen (secondary N) is 1. The number of nitrogens with zero attached hydrogens (tertiary/aromatic N) is 2. The van der Waals surface area contributed by atoms with Gasteiger partial charge < -0.3 is 10.2 Å². The quantitative estimate of drug-likeness (QED) is 0.430. The van der Waals surface area contributed by atoms with E-state index in [1.807, 2.05) is 0 Å². The predicted octanol–water partition coefficient (Wildman–Crippen LogP) is 4.87. The molecule has 1 N–H and O–H groups in total. The van der Waals surface area contributed by atoms with Gasteiger partial charge in [-0.3, -0.25) is 9.59 Å². The molecule has 1 aliphatic rings. The van der Waals surface area contributed by atoms with Crippen LogP contribution in [0.4, 0.5) is 0 Å². The third-order valence-electron chi connectivity index (χ3n) is 6.54. The van der Waals surface area contributed by atoms with Gasteiger partial charge in [0.2, 0.25) is 21.8 Å². The Morgan fingerprint density at radius 1 is 1.08 bits per heavy atom. The second kappa shape index (κ2) is 12.9. The molecule has 0 heterocycles. The lowest BCUT2D eigenvalue weighted by atomic mass is 10.1. The monoisotopic (exact) mass is 553 g/mol. The molecule has 1 unspecified atom stereocenters. The number of carbonyl (C=O) groups excluding carboxylic acids is 2. The van der Waals surface area contributed by atoms with Crippen LogP contribution in [0.5, 0.6) is 0 Å². The van der Waals surface area contributed by atoms with E-state index in [9.17, 15) is 18.0 Å². The molecule has 2 aromatic rings. The van der Waals surface area contributed by atoms with Gasteiger partial charge in [0.25, 0.3) is 0 Å². The van der Waals surface area contributed by atoms with E-state index in [4.69, 9.17) is 23.2 Å². The average Bonchev–Trinajstić information content (AvgIpc) is 3.36. The number of benzene rings is 2. The van der Waals surface area contributed by atoms with E-state index >= 15 is 0 Å². The Hall–Kier alpha value is -2.13. The Morgan fingerprint density at radius 2 is 1.75 bits per heavy atom. The maximum absolute atomic E-state index is 13.3. The van der Waals surface area contributed by atoms with Gasteiger partial charge in [0.05, 0.1) is 4.90 Å². The lowest BCUT2D eigenvalue weighted by Gasteiger charge is -2.30. The van der Waals surface area contributed by atoms with Gasteiger partial charge in [0.15, 0.2) is 0 Å². The second-order valence-electron chi connectivity index (χ2n) is 9.17. The van der Waals surface area contributed by atoms with E-state index in [2.05, 4.69) is 5.32 Å². The molecular formula is C26H33Cl2N3O4S. The summed E-state index contributed by atoms with van der Waals surface area (Å²) in [4.78, 5) is 28.0. The number of carbonyl (C=O) groups is 2. The highest BCUT2D eigenvalue weighted by Gasteiger charge is 2.29. The zero-order chi connectivity index (χ0) is 26.3. The minimum absolute atomic E-state index is 0.0842. The fourth-order valence-corrected chi connectivity index (χ4v) is 6.00. The van der Waals surface area contributed by atoms with E-state index in [1.54, 1.807) is 55.5 Å². The van der Waals surface area contributed by atoms with Gasteiger partial charge in [-0.15, -0.1) is 0 Å². The van der Waals surface area contributed by atoms with Crippen molar-refractivity contribution in [3.05, 3.63) is 64.1 Å². The second-order valence-corrected chi connectivity index (χ2v) is 12.1. The molecule has 1 aliphatic carbocycles. The van der Waals surface area contributed by atoms with Crippen molar-refractivity contribution in [1.29, 1.82) is 0 Å². The molecule has 196 valence electrons. The number of amides is 2. The molecule has 2 aromatic carbocycles. The zero-order valence-electron chi connectivity index (χ0n) is 20.6. The summed E-state index contributed by atoms with van der Waals surface area (Å²) in [6.45, 7) is 2.02. The van der Waals surface area contributed by atoms with E-state index in [0.717, 1.165) is 25.7 Å². The number of halogens is 2. The van der Waals surface area contributed by atoms with Crippen molar-refractivity contribution < 1.29 is 18.0 Å². The summed E-state index contributed by atoms with van der Waals surface area (Å²) in [5.41, 5.74) is 0.679. The first-order chi connectivity index (χ1) is 17.1. The highest BCUT2D eigenvalue weighted by Crippen LogP contribution is 2.24. The minimum Gasteiger partial charge on any atom is -0.352 e. The van der Waals surface area contributed by atoms with Gasteiger partial charge in [-0.25, -0.2) is 12.7 Å². The third kappa shape index (κ3) is 7.44. The Morgan fingerprint density at radius 3 is 2.39 bits per heavy atom. The van der Waals surface area contributed by atoms with Crippen LogP contribution >= 0.6 is 23.2 Å². The molecule has 1 atom stereocenters. The molecule has 2 amide bonds. The van der Waals surface area contributed by atoms with Crippen molar-refractivity contribution >= 4 is 45.0 Å². The maximum Gasteiger partial charge on any atom is 0.242 e. The lowest BCUT2D eigenvalue weighted by Crippen LogP contribution is -2.49.